The summed E-state index contributed by atoms with van der Waals surface area (Å²) in [6, 6.07) is 1.77. The third-order valence-corrected chi connectivity index (χ3v) is 14.1. The lowest BCUT2D eigenvalue weighted by atomic mass is 9.47. The maximum atomic E-state index is 10.5. The van der Waals surface area contributed by atoms with Gasteiger partial charge in [0.05, 0.1) is 31.3 Å². The number of allylic oxidation sites excluding steroid dienone is 1. The van der Waals surface area contributed by atoms with Crippen molar-refractivity contribution in [2.45, 2.75) is 134 Å². The van der Waals surface area contributed by atoms with Crippen LogP contribution in [0.3, 0.4) is 0 Å². The number of quaternary nitrogens is 1. The van der Waals surface area contributed by atoms with Gasteiger partial charge in [-0.2, -0.15) is 0 Å². The highest BCUT2D eigenvalue weighted by atomic mass is 16.7. The standard InChI is InChI=1S/C33H53NO6/c1-17-5-8-24-18(2)27-25(34(24)15-17)14-23-21-7-6-19-13-20(9-11-32(19,3)22(21)10-12-33(23,27)4)39-31-30(38)29(37)28(36)26(16-35)40-31/h6,17-18,20-31,35-38H,5,7-16H2,1-4H3/p+1/t17-,18+,20-,21+,22-,23-,24+,25-,26+,27-,28+,29-,30+,31+,32-,33-/m0/s1. The van der Waals surface area contributed by atoms with E-state index in [9.17, 15) is 20.4 Å². The average Bonchev–Trinajstić information content (AvgIpc) is 3.40. The largest absolute Gasteiger partial charge is 0.394 e. The minimum atomic E-state index is -1.39. The van der Waals surface area contributed by atoms with Gasteiger partial charge >= 0.3 is 0 Å². The van der Waals surface area contributed by atoms with Crippen molar-refractivity contribution in [2.24, 2.45) is 46.3 Å². The molecule has 6 fully saturated rings. The third-order valence-electron chi connectivity index (χ3n) is 14.1. The molecule has 0 spiro atoms. The second kappa shape index (κ2) is 10.0. The summed E-state index contributed by atoms with van der Waals surface area (Å²) in [6.07, 6.45) is 7.43. The fraction of sp³-hybridized carbons (Fsp3) is 0.939. The molecule has 7 nitrogen and oxygen atoms in total. The number of rotatable bonds is 3. The van der Waals surface area contributed by atoms with Crippen molar-refractivity contribution in [3.8, 4) is 0 Å². The number of piperidine rings is 1. The molecule has 7 rings (SSSR count). The molecule has 0 aromatic heterocycles. The fourth-order valence-electron chi connectivity index (χ4n) is 12.1. The molecule has 7 heteroatoms. The van der Waals surface area contributed by atoms with Crippen molar-refractivity contribution in [3.05, 3.63) is 11.6 Å². The zero-order valence-electron chi connectivity index (χ0n) is 25.0. The third kappa shape index (κ3) is 4.01. The highest BCUT2D eigenvalue weighted by Crippen LogP contribution is 2.68. The van der Waals surface area contributed by atoms with Crippen molar-refractivity contribution < 1.29 is 34.8 Å². The first kappa shape index (κ1) is 28.2. The number of hydrogen-bond donors (Lipinski definition) is 5. The number of aliphatic hydroxyl groups excluding tert-OH is 4. The van der Waals surface area contributed by atoms with Crippen LogP contribution < -0.4 is 4.90 Å². The second-order valence-corrected chi connectivity index (χ2v) is 15.8. The normalized spacial score (nSPS) is 59.2. The molecule has 3 saturated heterocycles. The SMILES string of the molecule is C[C@H]1CC[C@@H]2[C@@H](C)[C@H]3[C@H](C[C@H]4[C@@H]5CC=C6C[C@@H](O[C@@H]7O[C@H](CO)[C@@H](O)[C@H](O)[C@H]7O)CC[C@]6(C)[C@H]5CC[C@]34C)[NH+]2C1. The van der Waals surface area contributed by atoms with Gasteiger partial charge in [0.2, 0.25) is 0 Å². The molecule has 7 aliphatic rings. The molecule has 5 N–H and O–H groups in total. The maximum Gasteiger partial charge on any atom is 0.186 e. The highest BCUT2D eigenvalue weighted by molar-refractivity contribution is 5.26. The zero-order chi connectivity index (χ0) is 28.1. The van der Waals surface area contributed by atoms with E-state index in [0.717, 1.165) is 66.9 Å². The van der Waals surface area contributed by atoms with Gasteiger partial charge in [-0.3, -0.25) is 0 Å². The van der Waals surface area contributed by atoms with Crippen LogP contribution in [-0.4, -0.2) is 82.5 Å². The van der Waals surface area contributed by atoms with Crippen molar-refractivity contribution in [3.63, 3.8) is 0 Å². The van der Waals surface area contributed by atoms with Gasteiger partial charge in [-0.05, 0) is 73.5 Å². The smallest absolute Gasteiger partial charge is 0.186 e. The summed E-state index contributed by atoms with van der Waals surface area (Å²) < 4.78 is 11.9. The van der Waals surface area contributed by atoms with E-state index in [0.29, 0.717) is 5.41 Å². The fourth-order valence-corrected chi connectivity index (χ4v) is 12.1. The van der Waals surface area contributed by atoms with E-state index in [1.165, 1.54) is 50.6 Å². The first-order valence-electron chi connectivity index (χ1n) is 16.6. The average molecular weight is 561 g/mol. The molecule has 17 atom stereocenters. The predicted octanol–water partition coefficient (Wildman–Crippen LogP) is 2.06. The molecule has 3 aliphatic heterocycles. The lowest BCUT2D eigenvalue weighted by molar-refractivity contribution is -0.946. The van der Waals surface area contributed by atoms with Crippen LogP contribution in [-0.2, 0) is 9.47 Å². The first-order chi connectivity index (χ1) is 19.1. The maximum absolute atomic E-state index is 10.5. The Morgan fingerprint density at radius 2 is 1.77 bits per heavy atom. The van der Waals surface area contributed by atoms with Crippen molar-refractivity contribution in [2.75, 3.05) is 13.2 Å². The van der Waals surface area contributed by atoms with Crippen LogP contribution in [0.4, 0.5) is 0 Å². The van der Waals surface area contributed by atoms with Gasteiger partial charge in [-0.25, -0.2) is 0 Å². The van der Waals surface area contributed by atoms with E-state index in [4.69, 9.17) is 9.47 Å². The molecule has 0 radical (unpaired) electrons. The molecule has 4 aliphatic carbocycles. The number of fused-ring (bicyclic) bond motifs is 9. The van der Waals surface area contributed by atoms with E-state index >= 15 is 0 Å². The number of nitrogens with one attached hydrogen (secondary N) is 1. The summed E-state index contributed by atoms with van der Waals surface area (Å²) in [7, 11) is 0. The minimum Gasteiger partial charge on any atom is -0.394 e. The van der Waals surface area contributed by atoms with Gasteiger partial charge in [-0.15, -0.1) is 0 Å². The summed E-state index contributed by atoms with van der Waals surface area (Å²) in [5, 5.41) is 40.4. The number of ether oxygens (including phenoxy) is 2. The number of aliphatic hydroxyl groups is 4. The Hall–Kier alpha value is -0.540. The van der Waals surface area contributed by atoms with Crippen molar-refractivity contribution in [1.29, 1.82) is 0 Å². The van der Waals surface area contributed by atoms with Crippen LogP contribution >= 0.6 is 0 Å². The van der Waals surface area contributed by atoms with E-state index in [1.54, 1.807) is 0 Å². The molecule has 3 saturated carbocycles. The van der Waals surface area contributed by atoms with Crippen LogP contribution in [0.15, 0.2) is 11.6 Å². The molecule has 0 bridgehead atoms. The van der Waals surface area contributed by atoms with Crippen LogP contribution in [0.25, 0.3) is 0 Å². The Morgan fingerprint density at radius 3 is 2.55 bits per heavy atom. The lowest BCUT2D eigenvalue weighted by Gasteiger charge is -2.58. The quantitative estimate of drug-likeness (QED) is 0.339. The molecule has 1 unspecified atom stereocenters. The van der Waals surface area contributed by atoms with E-state index < -0.39 is 37.3 Å². The summed E-state index contributed by atoms with van der Waals surface area (Å²) in [6.45, 7) is 11.3. The van der Waals surface area contributed by atoms with Crippen LogP contribution in [0, 0.1) is 46.3 Å². The Kier molecular flexibility index (Phi) is 7.06. The minimum absolute atomic E-state index is 0.0977. The first-order valence-corrected chi connectivity index (χ1v) is 16.6. The zero-order valence-corrected chi connectivity index (χ0v) is 25.0. The molecule has 0 amide bonds. The van der Waals surface area contributed by atoms with Crippen molar-refractivity contribution >= 4 is 0 Å². The van der Waals surface area contributed by atoms with E-state index in [-0.39, 0.29) is 11.5 Å². The summed E-state index contributed by atoms with van der Waals surface area (Å²) >= 11 is 0. The van der Waals surface area contributed by atoms with Crippen LogP contribution in [0.1, 0.15) is 85.5 Å². The summed E-state index contributed by atoms with van der Waals surface area (Å²) in [4.78, 5) is 1.98. The topological polar surface area (TPSA) is 104 Å². The highest BCUT2D eigenvalue weighted by Gasteiger charge is 2.68. The van der Waals surface area contributed by atoms with Gasteiger partial charge < -0.3 is 34.8 Å². The van der Waals surface area contributed by atoms with Gasteiger partial charge in [0.15, 0.2) is 6.29 Å². The molecule has 3 heterocycles. The molecule has 40 heavy (non-hydrogen) atoms. The Balaban J connectivity index is 1.07. The summed E-state index contributed by atoms with van der Waals surface area (Å²) in [5.41, 5.74) is 2.21. The molecule has 226 valence electrons. The van der Waals surface area contributed by atoms with Crippen molar-refractivity contribution in [1.82, 2.24) is 0 Å². The van der Waals surface area contributed by atoms with Gasteiger partial charge in [-0.1, -0.05) is 39.3 Å². The molecular formula is C33H54NO6+. The number of hydrogen-bond acceptors (Lipinski definition) is 6. The Morgan fingerprint density at radius 1 is 0.975 bits per heavy atom. The van der Waals surface area contributed by atoms with Crippen LogP contribution in [0.2, 0.25) is 0 Å². The second-order valence-electron chi connectivity index (χ2n) is 15.8. The van der Waals surface area contributed by atoms with Gasteiger partial charge in [0.1, 0.15) is 24.4 Å². The monoisotopic (exact) mass is 560 g/mol. The molecular weight excluding hydrogens is 506 g/mol. The van der Waals surface area contributed by atoms with Crippen LogP contribution in [0.5, 0.6) is 0 Å². The van der Waals surface area contributed by atoms with Gasteiger partial charge in [0.25, 0.3) is 0 Å². The summed E-state index contributed by atoms with van der Waals surface area (Å²) in [5.74, 6) is 4.99. The van der Waals surface area contributed by atoms with Gasteiger partial charge in [0, 0.05) is 30.6 Å². The molecule has 0 aromatic rings. The Labute approximate surface area is 240 Å². The lowest BCUT2D eigenvalue weighted by Crippen LogP contribution is -3.18. The Bertz CT molecular complexity index is 1000. The van der Waals surface area contributed by atoms with E-state index in [2.05, 4.69) is 33.8 Å². The molecule has 0 aromatic carbocycles. The predicted molar refractivity (Wildman–Crippen MR) is 150 cm³/mol. The van der Waals surface area contributed by atoms with E-state index in [1.807, 2.05) is 4.90 Å².